The highest BCUT2D eigenvalue weighted by molar-refractivity contribution is 14.1. The SMILES string of the molecule is Cc1cccc2c1N(Cc1c(F)cccc1Cl)C(=O)C(C)(C(=O)O)N2I. The van der Waals surface area contributed by atoms with E-state index in [1.165, 1.54) is 33.1 Å². The molecule has 0 aromatic heterocycles. The summed E-state index contributed by atoms with van der Waals surface area (Å²) < 4.78 is 15.7. The highest BCUT2D eigenvalue weighted by Crippen LogP contribution is 2.45. The summed E-state index contributed by atoms with van der Waals surface area (Å²) in [5.74, 6) is -2.48. The van der Waals surface area contributed by atoms with Gasteiger partial charge in [0.2, 0.25) is 5.54 Å². The molecule has 0 bridgehead atoms. The van der Waals surface area contributed by atoms with Crippen LogP contribution in [0.15, 0.2) is 36.4 Å². The van der Waals surface area contributed by atoms with Crippen LogP contribution in [0.5, 0.6) is 0 Å². The smallest absolute Gasteiger partial charge is 0.339 e. The molecular formula is C18H15ClFIN2O3. The molecule has 1 N–H and O–H groups in total. The van der Waals surface area contributed by atoms with E-state index in [1.54, 1.807) is 12.1 Å². The number of rotatable bonds is 3. The first kappa shape index (κ1) is 18.9. The Balaban J connectivity index is 2.22. The van der Waals surface area contributed by atoms with Gasteiger partial charge in [-0.3, -0.25) is 7.91 Å². The monoisotopic (exact) mass is 488 g/mol. The van der Waals surface area contributed by atoms with E-state index in [2.05, 4.69) is 0 Å². The molecule has 136 valence electrons. The number of aryl methyl sites for hydroxylation is 1. The summed E-state index contributed by atoms with van der Waals surface area (Å²) >= 11 is 7.95. The second-order valence-electron chi connectivity index (χ2n) is 6.19. The number of anilines is 2. The molecule has 0 saturated carbocycles. The molecule has 1 heterocycles. The number of halogens is 3. The molecule has 0 aliphatic carbocycles. The molecule has 1 aliphatic rings. The third-order valence-electron chi connectivity index (χ3n) is 4.55. The predicted molar refractivity (Wildman–Crippen MR) is 106 cm³/mol. The van der Waals surface area contributed by atoms with Gasteiger partial charge in [0, 0.05) is 10.6 Å². The van der Waals surface area contributed by atoms with E-state index in [0.717, 1.165) is 5.56 Å². The van der Waals surface area contributed by atoms with E-state index in [0.29, 0.717) is 11.4 Å². The Bertz CT molecular complexity index is 903. The van der Waals surface area contributed by atoms with Crippen LogP contribution >= 0.6 is 34.5 Å². The van der Waals surface area contributed by atoms with Crippen molar-refractivity contribution in [2.75, 3.05) is 8.01 Å². The number of aliphatic carboxylic acids is 1. The summed E-state index contributed by atoms with van der Waals surface area (Å²) in [6.07, 6.45) is 0. The van der Waals surface area contributed by atoms with Crippen LogP contribution in [0.25, 0.3) is 0 Å². The Hall–Kier alpha value is -1.87. The normalized spacial score (nSPS) is 19.5. The minimum Gasteiger partial charge on any atom is -0.479 e. The molecule has 1 aliphatic heterocycles. The maximum absolute atomic E-state index is 14.3. The van der Waals surface area contributed by atoms with Gasteiger partial charge in [-0.15, -0.1) is 0 Å². The van der Waals surface area contributed by atoms with E-state index in [-0.39, 0.29) is 17.1 Å². The molecule has 2 aromatic carbocycles. The Morgan fingerprint density at radius 3 is 2.58 bits per heavy atom. The second-order valence-corrected chi connectivity index (χ2v) is 7.56. The van der Waals surface area contributed by atoms with Crippen LogP contribution in [0.3, 0.4) is 0 Å². The average molecular weight is 489 g/mol. The third kappa shape index (κ3) is 2.73. The van der Waals surface area contributed by atoms with E-state index in [1.807, 2.05) is 35.9 Å². The van der Waals surface area contributed by atoms with Crippen LogP contribution in [0.2, 0.25) is 5.02 Å². The van der Waals surface area contributed by atoms with Crippen molar-refractivity contribution in [3.05, 3.63) is 58.4 Å². The molecule has 0 spiro atoms. The van der Waals surface area contributed by atoms with Gasteiger partial charge in [0.15, 0.2) is 0 Å². The lowest BCUT2D eigenvalue weighted by atomic mass is 9.94. The van der Waals surface area contributed by atoms with Gasteiger partial charge in [0.25, 0.3) is 5.91 Å². The van der Waals surface area contributed by atoms with Crippen molar-refractivity contribution in [1.82, 2.24) is 0 Å². The molecule has 3 rings (SSSR count). The summed E-state index contributed by atoms with van der Waals surface area (Å²) in [7, 11) is 0. The molecule has 8 heteroatoms. The zero-order valence-electron chi connectivity index (χ0n) is 14.0. The fourth-order valence-electron chi connectivity index (χ4n) is 3.01. The molecule has 26 heavy (non-hydrogen) atoms. The van der Waals surface area contributed by atoms with Gasteiger partial charge in [-0.25, -0.2) is 9.18 Å². The Kier molecular flexibility index (Phi) is 4.87. The number of carbonyl (C=O) groups excluding carboxylic acids is 1. The molecule has 1 atom stereocenters. The lowest BCUT2D eigenvalue weighted by molar-refractivity contribution is -0.146. The quantitative estimate of drug-likeness (QED) is 0.397. The van der Waals surface area contributed by atoms with Crippen LogP contribution in [0, 0.1) is 12.7 Å². The van der Waals surface area contributed by atoms with Crippen molar-refractivity contribution in [3.8, 4) is 0 Å². The fourth-order valence-corrected chi connectivity index (χ4v) is 4.03. The third-order valence-corrected chi connectivity index (χ3v) is 6.39. The van der Waals surface area contributed by atoms with Crippen molar-refractivity contribution < 1.29 is 19.1 Å². The van der Waals surface area contributed by atoms with Crippen LogP contribution in [-0.4, -0.2) is 22.5 Å². The first-order valence-corrected chi connectivity index (χ1v) is 9.07. The van der Waals surface area contributed by atoms with Crippen LogP contribution < -0.4 is 8.01 Å². The van der Waals surface area contributed by atoms with Gasteiger partial charge < -0.3 is 10.0 Å². The number of hydrogen-bond acceptors (Lipinski definition) is 3. The molecular weight excluding hydrogens is 474 g/mol. The summed E-state index contributed by atoms with van der Waals surface area (Å²) in [6, 6.07) is 9.61. The van der Waals surface area contributed by atoms with Gasteiger partial charge in [0.1, 0.15) is 5.82 Å². The average Bonchev–Trinajstić information content (AvgIpc) is 2.59. The van der Waals surface area contributed by atoms with Gasteiger partial charge in [-0.2, -0.15) is 0 Å². The van der Waals surface area contributed by atoms with Gasteiger partial charge in [-0.05, 0) is 37.6 Å². The molecule has 0 saturated heterocycles. The number of para-hydroxylation sites is 1. The minimum atomic E-state index is -1.82. The lowest BCUT2D eigenvalue weighted by Crippen LogP contribution is -2.63. The number of carboxylic acid groups (broad SMARTS) is 1. The second kappa shape index (κ2) is 6.70. The molecule has 0 fully saturated rings. The van der Waals surface area contributed by atoms with Crippen molar-refractivity contribution in [3.63, 3.8) is 0 Å². The number of amides is 1. The Labute approximate surface area is 168 Å². The van der Waals surface area contributed by atoms with Gasteiger partial charge in [-0.1, -0.05) is 29.8 Å². The number of hydrogen-bond donors (Lipinski definition) is 1. The molecule has 0 radical (unpaired) electrons. The number of carboxylic acids is 1. The van der Waals surface area contributed by atoms with Crippen molar-refractivity contribution in [2.45, 2.75) is 25.9 Å². The van der Waals surface area contributed by atoms with Gasteiger partial charge in [0.05, 0.1) is 40.8 Å². The van der Waals surface area contributed by atoms with Gasteiger partial charge >= 0.3 is 5.97 Å². The van der Waals surface area contributed by atoms with Crippen LogP contribution in [-0.2, 0) is 16.1 Å². The summed E-state index contributed by atoms with van der Waals surface area (Å²) in [4.78, 5) is 26.4. The van der Waals surface area contributed by atoms with E-state index in [4.69, 9.17) is 11.6 Å². The van der Waals surface area contributed by atoms with Crippen LogP contribution in [0.4, 0.5) is 15.8 Å². The summed E-state index contributed by atoms with van der Waals surface area (Å²) in [5.41, 5.74) is 0.218. The number of fused-ring (bicyclic) bond motifs is 1. The maximum Gasteiger partial charge on any atom is 0.339 e. The predicted octanol–water partition coefficient (Wildman–Crippen LogP) is 4.33. The zero-order valence-corrected chi connectivity index (χ0v) is 16.9. The Morgan fingerprint density at radius 1 is 1.31 bits per heavy atom. The molecule has 5 nitrogen and oxygen atoms in total. The van der Waals surface area contributed by atoms with E-state index < -0.39 is 23.2 Å². The highest BCUT2D eigenvalue weighted by Gasteiger charge is 2.53. The van der Waals surface area contributed by atoms with E-state index >= 15 is 0 Å². The lowest BCUT2D eigenvalue weighted by Gasteiger charge is -2.44. The van der Waals surface area contributed by atoms with Crippen molar-refractivity contribution in [1.29, 1.82) is 0 Å². The molecule has 2 aromatic rings. The number of nitrogens with zero attached hydrogens (tertiary/aromatic N) is 2. The zero-order chi connectivity index (χ0) is 19.2. The number of carbonyl (C=O) groups is 2. The first-order valence-electron chi connectivity index (χ1n) is 7.73. The molecule has 1 unspecified atom stereocenters. The standard InChI is InChI=1S/C18H15ClFIN2O3/c1-10-5-3-8-14-15(10)22(9-11-12(19)6-4-7-13(11)20)16(24)18(2,17(25)26)23(14)21/h3-8H,9H2,1-2H3,(H,25,26). The van der Waals surface area contributed by atoms with Crippen molar-refractivity contribution >= 4 is 57.7 Å². The molecule has 1 amide bonds. The number of benzene rings is 2. The Morgan fingerprint density at radius 2 is 1.96 bits per heavy atom. The minimum absolute atomic E-state index is 0.145. The highest BCUT2D eigenvalue weighted by atomic mass is 127. The first-order chi connectivity index (χ1) is 12.2. The summed E-state index contributed by atoms with van der Waals surface area (Å²) in [6.45, 7) is 3.00. The van der Waals surface area contributed by atoms with Crippen LogP contribution in [0.1, 0.15) is 18.1 Å². The topological polar surface area (TPSA) is 60.9 Å². The summed E-state index contributed by atoms with van der Waals surface area (Å²) in [5, 5.41) is 9.91. The maximum atomic E-state index is 14.3. The van der Waals surface area contributed by atoms with E-state index in [9.17, 15) is 19.1 Å². The van der Waals surface area contributed by atoms with Crippen molar-refractivity contribution in [2.24, 2.45) is 0 Å². The largest absolute Gasteiger partial charge is 0.479 e. The fraction of sp³-hybridized carbons (Fsp3) is 0.222.